The number of primary sulfonamides is 1. The van der Waals surface area contributed by atoms with E-state index < -0.39 is 10.0 Å². The van der Waals surface area contributed by atoms with Crippen LogP contribution >= 0.6 is 0 Å². The van der Waals surface area contributed by atoms with Gasteiger partial charge in [-0.25, -0.2) is 13.6 Å². The molecule has 184 valence electrons. The zero-order valence-corrected chi connectivity index (χ0v) is 21.6. The van der Waals surface area contributed by atoms with E-state index in [0.29, 0.717) is 18.5 Å². The number of sulfonamides is 1. The third-order valence-electron chi connectivity index (χ3n) is 6.94. The fourth-order valence-corrected chi connectivity index (χ4v) is 5.37. The average Bonchev–Trinajstić information content (AvgIpc) is 3.14. The van der Waals surface area contributed by atoms with Crippen LogP contribution in [-0.4, -0.2) is 31.2 Å². The molecule has 4 rings (SSSR count). The van der Waals surface area contributed by atoms with E-state index in [1.165, 1.54) is 12.1 Å². The van der Waals surface area contributed by atoms with Gasteiger partial charge < -0.3 is 9.47 Å². The third kappa shape index (κ3) is 4.44. The van der Waals surface area contributed by atoms with Gasteiger partial charge in [0, 0.05) is 42.5 Å². The van der Waals surface area contributed by atoms with Crippen molar-refractivity contribution in [1.82, 2.24) is 4.57 Å². The Bertz CT molecular complexity index is 1430. The van der Waals surface area contributed by atoms with Crippen LogP contribution in [0.5, 0.6) is 0 Å². The summed E-state index contributed by atoms with van der Waals surface area (Å²) in [5.74, 6) is 0.0456. The lowest BCUT2D eigenvalue weighted by molar-refractivity contribution is -0.116. The van der Waals surface area contributed by atoms with Crippen molar-refractivity contribution in [3.8, 4) is 16.9 Å². The molecule has 0 fully saturated rings. The Balaban J connectivity index is 1.94. The second-order valence-electron chi connectivity index (χ2n) is 9.72. The number of anilines is 1. The molecular weight excluding hydrogens is 462 g/mol. The highest BCUT2D eigenvalue weighted by Gasteiger charge is 2.33. The largest absolute Gasteiger partial charge is 0.313 e. The van der Waals surface area contributed by atoms with Crippen LogP contribution in [0.1, 0.15) is 62.2 Å². The molecule has 8 heteroatoms. The number of hydrogen-bond donors (Lipinski definition) is 1. The van der Waals surface area contributed by atoms with Gasteiger partial charge in [0.2, 0.25) is 15.9 Å². The fraction of sp³-hybridized carbons (Fsp3) is 0.333. The first kappa shape index (κ1) is 24.9. The molecule has 7 nitrogen and oxygen atoms in total. The summed E-state index contributed by atoms with van der Waals surface area (Å²) in [5, 5.41) is 5.27. The Morgan fingerprint density at radius 3 is 2.29 bits per heavy atom. The van der Waals surface area contributed by atoms with Crippen molar-refractivity contribution in [1.29, 1.82) is 0 Å². The summed E-state index contributed by atoms with van der Waals surface area (Å²) in [7, 11) is -3.82. The van der Waals surface area contributed by atoms with Gasteiger partial charge in [-0.05, 0) is 72.4 Å². The first-order valence-corrected chi connectivity index (χ1v) is 13.2. The molecule has 0 saturated heterocycles. The normalized spacial score (nSPS) is 15.1. The van der Waals surface area contributed by atoms with E-state index in [4.69, 9.17) is 5.14 Å². The highest BCUT2D eigenvalue weighted by Crippen LogP contribution is 2.42. The summed E-state index contributed by atoms with van der Waals surface area (Å²) in [6.45, 7) is 10.3. The third-order valence-corrected chi connectivity index (χ3v) is 7.87. The molecule has 35 heavy (non-hydrogen) atoms. The van der Waals surface area contributed by atoms with Crippen LogP contribution in [0, 0.1) is 6.92 Å². The first-order chi connectivity index (χ1) is 16.3. The van der Waals surface area contributed by atoms with Crippen LogP contribution in [-0.2, 0) is 20.2 Å². The van der Waals surface area contributed by atoms with Gasteiger partial charge in [-0.1, -0.05) is 26.8 Å². The van der Waals surface area contributed by atoms with Gasteiger partial charge in [0.25, 0.3) is 0 Å². The fourth-order valence-electron chi connectivity index (χ4n) is 4.86. The quantitative estimate of drug-likeness (QED) is 0.519. The predicted molar refractivity (Wildman–Crippen MR) is 138 cm³/mol. The summed E-state index contributed by atoms with van der Waals surface area (Å²) in [5.41, 5.74) is 5.73. The molecule has 1 amide bonds. The monoisotopic (exact) mass is 493 g/mol. The molecule has 3 aromatic rings. The maximum absolute atomic E-state index is 12.7. The maximum Gasteiger partial charge on any atom is 0.238 e. The van der Waals surface area contributed by atoms with Crippen molar-refractivity contribution in [2.75, 3.05) is 11.4 Å². The minimum absolute atomic E-state index is 0.0134. The number of hydrogen-bond acceptors (Lipinski definition) is 4. The van der Waals surface area contributed by atoms with Gasteiger partial charge in [0.05, 0.1) is 10.6 Å². The van der Waals surface area contributed by atoms with Crippen molar-refractivity contribution in [3.05, 3.63) is 65.4 Å². The van der Waals surface area contributed by atoms with Crippen LogP contribution in [0.15, 0.2) is 53.4 Å². The molecule has 0 unspecified atom stereocenters. The standard InChI is InChI=1S/C27H31N3O4S/c1-6-26(32)22-16-25(30(17(22)2)20-8-10-21(11-9-20)35(28,33)34)19-7-12-24-23(15-19)27(4,5)13-14-29(24)18(3)31/h7-12,15-16H,6,13-14H2,1-5H3,(H2,28,33,34). The Kier molecular flexibility index (Phi) is 6.23. The summed E-state index contributed by atoms with van der Waals surface area (Å²) in [6, 6.07) is 14.3. The molecule has 2 aromatic carbocycles. The number of nitrogens with two attached hydrogens (primary N) is 1. The van der Waals surface area contributed by atoms with Crippen LogP contribution in [0.3, 0.4) is 0 Å². The first-order valence-electron chi connectivity index (χ1n) is 11.7. The number of amides is 1. The number of carbonyl (C=O) groups is 2. The minimum Gasteiger partial charge on any atom is -0.313 e. The lowest BCUT2D eigenvalue weighted by Crippen LogP contribution is -2.39. The molecule has 0 spiro atoms. The van der Waals surface area contributed by atoms with E-state index in [0.717, 1.165) is 40.3 Å². The molecule has 2 heterocycles. The second kappa shape index (κ2) is 8.77. The molecule has 1 aromatic heterocycles. The second-order valence-corrected chi connectivity index (χ2v) is 11.3. The Labute approximate surface area is 206 Å². The van der Waals surface area contributed by atoms with Crippen molar-refractivity contribution in [2.24, 2.45) is 5.14 Å². The highest BCUT2D eigenvalue weighted by molar-refractivity contribution is 7.89. The van der Waals surface area contributed by atoms with Gasteiger partial charge >= 0.3 is 0 Å². The van der Waals surface area contributed by atoms with E-state index in [1.807, 2.05) is 41.5 Å². The van der Waals surface area contributed by atoms with Gasteiger partial charge in [0.15, 0.2) is 5.78 Å². The Morgan fingerprint density at radius 1 is 1.06 bits per heavy atom. The summed E-state index contributed by atoms with van der Waals surface area (Å²) >= 11 is 0. The van der Waals surface area contributed by atoms with Gasteiger partial charge in [-0.3, -0.25) is 9.59 Å². The number of carbonyl (C=O) groups excluding carboxylic acids is 2. The Morgan fingerprint density at radius 2 is 1.71 bits per heavy atom. The maximum atomic E-state index is 12.7. The molecule has 1 aliphatic rings. The smallest absolute Gasteiger partial charge is 0.238 e. The SMILES string of the molecule is CCC(=O)c1cc(-c2ccc3c(c2)C(C)(C)CCN3C(C)=O)n(-c2ccc(S(N)(=O)=O)cc2)c1C. The topological polar surface area (TPSA) is 102 Å². The molecule has 0 radical (unpaired) electrons. The summed E-state index contributed by atoms with van der Waals surface area (Å²) in [4.78, 5) is 26.8. The van der Waals surface area contributed by atoms with E-state index >= 15 is 0 Å². The van der Waals surface area contributed by atoms with Crippen molar-refractivity contribution in [3.63, 3.8) is 0 Å². The van der Waals surface area contributed by atoms with Crippen LogP contribution in [0.2, 0.25) is 0 Å². The molecule has 0 saturated carbocycles. The zero-order chi connectivity index (χ0) is 25.7. The molecule has 1 aliphatic heterocycles. The van der Waals surface area contributed by atoms with Crippen molar-refractivity contribution in [2.45, 2.75) is 57.8 Å². The van der Waals surface area contributed by atoms with Crippen LogP contribution in [0.25, 0.3) is 16.9 Å². The number of Topliss-reactive ketones (excluding diaryl/α,β-unsaturated/α-hetero) is 1. The number of aromatic nitrogens is 1. The van der Waals surface area contributed by atoms with Crippen LogP contribution < -0.4 is 10.0 Å². The average molecular weight is 494 g/mol. The molecule has 2 N–H and O–H groups in total. The number of ketones is 1. The Hall–Kier alpha value is -3.23. The van der Waals surface area contributed by atoms with E-state index in [9.17, 15) is 18.0 Å². The number of fused-ring (bicyclic) bond motifs is 1. The van der Waals surface area contributed by atoms with E-state index in [-0.39, 0.29) is 22.0 Å². The number of rotatable bonds is 5. The van der Waals surface area contributed by atoms with Gasteiger partial charge in [-0.15, -0.1) is 0 Å². The zero-order valence-electron chi connectivity index (χ0n) is 20.8. The minimum atomic E-state index is -3.82. The highest BCUT2D eigenvalue weighted by atomic mass is 32.2. The number of nitrogens with zero attached hydrogens (tertiary/aromatic N) is 2. The van der Waals surface area contributed by atoms with Crippen LogP contribution in [0.4, 0.5) is 5.69 Å². The predicted octanol–water partition coefficient (Wildman–Crippen LogP) is 4.73. The van der Waals surface area contributed by atoms with E-state index in [2.05, 4.69) is 19.9 Å². The summed E-state index contributed by atoms with van der Waals surface area (Å²) < 4.78 is 25.4. The summed E-state index contributed by atoms with van der Waals surface area (Å²) in [6.07, 6.45) is 1.22. The van der Waals surface area contributed by atoms with Gasteiger partial charge in [0.1, 0.15) is 0 Å². The van der Waals surface area contributed by atoms with Crippen molar-refractivity contribution < 1.29 is 18.0 Å². The number of benzene rings is 2. The molecular formula is C27H31N3O4S. The van der Waals surface area contributed by atoms with Gasteiger partial charge in [-0.2, -0.15) is 0 Å². The van der Waals surface area contributed by atoms with E-state index in [1.54, 1.807) is 19.1 Å². The molecule has 0 bridgehead atoms. The molecule has 0 aliphatic carbocycles. The van der Waals surface area contributed by atoms with Crippen molar-refractivity contribution >= 4 is 27.4 Å². The lowest BCUT2D eigenvalue weighted by atomic mass is 9.77. The lowest BCUT2D eigenvalue weighted by Gasteiger charge is -2.39. The molecule has 0 atom stereocenters.